The molecule has 0 aliphatic heterocycles. The fourth-order valence-corrected chi connectivity index (χ4v) is 4.27. The van der Waals surface area contributed by atoms with Gasteiger partial charge in [-0.1, -0.05) is 58.4 Å². The average molecular weight is 503 g/mol. The van der Waals surface area contributed by atoms with Crippen molar-refractivity contribution in [2.75, 3.05) is 6.26 Å². The van der Waals surface area contributed by atoms with Gasteiger partial charge >= 0.3 is 0 Å². The fraction of sp³-hybridized carbons (Fsp3) is 0.0870. The first-order valence-corrected chi connectivity index (χ1v) is 12.0. The molecule has 31 heavy (non-hydrogen) atoms. The molecule has 1 heterocycles. The van der Waals surface area contributed by atoms with Crippen LogP contribution in [0.2, 0.25) is 0 Å². The zero-order chi connectivity index (χ0) is 22.2. The Morgan fingerprint density at radius 2 is 1.45 bits per heavy atom. The predicted molar refractivity (Wildman–Crippen MR) is 120 cm³/mol. The third kappa shape index (κ3) is 4.31. The van der Waals surface area contributed by atoms with Crippen LogP contribution in [0.1, 0.15) is 12.1 Å². The van der Waals surface area contributed by atoms with Gasteiger partial charge in [-0.15, -0.1) is 0 Å². The van der Waals surface area contributed by atoms with E-state index in [-0.39, 0.29) is 10.6 Å². The minimum absolute atomic E-state index is 0.154. The van der Waals surface area contributed by atoms with Crippen molar-refractivity contribution in [3.63, 3.8) is 0 Å². The smallest absolute Gasteiger partial charge is 0.232 e. The van der Waals surface area contributed by atoms with Crippen LogP contribution in [0.25, 0.3) is 28.1 Å². The first-order valence-electron chi connectivity index (χ1n) is 9.28. The Labute approximate surface area is 187 Å². The Bertz CT molecular complexity index is 1320. The van der Waals surface area contributed by atoms with Crippen LogP contribution in [-0.2, 0) is 9.84 Å². The van der Waals surface area contributed by atoms with Crippen molar-refractivity contribution < 1.29 is 17.2 Å². The summed E-state index contributed by atoms with van der Waals surface area (Å²) < 4.78 is 54.2. The highest BCUT2D eigenvalue weighted by atomic mass is 79.9. The molecule has 158 valence electrons. The number of sulfone groups is 1. The second-order valence-electron chi connectivity index (χ2n) is 6.96. The first-order chi connectivity index (χ1) is 14.8. The van der Waals surface area contributed by atoms with Crippen molar-refractivity contribution in [1.82, 2.24) is 9.78 Å². The average Bonchev–Trinajstić information content (AvgIpc) is 3.15. The van der Waals surface area contributed by atoms with Gasteiger partial charge in [0.25, 0.3) is 6.43 Å². The van der Waals surface area contributed by atoms with Crippen molar-refractivity contribution in [2.45, 2.75) is 11.3 Å². The second-order valence-corrected chi connectivity index (χ2v) is 9.89. The summed E-state index contributed by atoms with van der Waals surface area (Å²) in [5.74, 6) is 0. The second kappa shape index (κ2) is 8.36. The van der Waals surface area contributed by atoms with Crippen molar-refractivity contribution in [3.05, 3.63) is 89.0 Å². The van der Waals surface area contributed by atoms with E-state index in [1.807, 2.05) is 6.07 Å². The highest BCUT2D eigenvalue weighted by molar-refractivity contribution is 9.10. The van der Waals surface area contributed by atoms with Crippen LogP contribution in [0, 0.1) is 0 Å². The minimum atomic E-state index is -3.39. The monoisotopic (exact) mass is 502 g/mol. The summed E-state index contributed by atoms with van der Waals surface area (Å²) in [7, 11) is -3.39. The van der Waals surface area contributed by atoms with E-state index in [1.165, 1.54) is 16.8 Å². The summed E-state index contributed by atoms with van der Waals surface area (Å²) >= 11 is 3.37. The van der Waals surface area contributed by atoms with E-state index in [9.17, 15) is 17.2 Å². The third-order valence-corrected chi connectivity index (χ3v) is 6.47. The van der Waals surface area contributed by atoms with Crippen molar-refractivity contribution in [1.29, 1.82) is 0 Å². The van der Waals surface area contributed by atoms with Gasteiger partial charge < -0.3 is 0 Å². The molecule has 0 spiro atoms. The number of aromatic nitrogens is 2. The maximum absolute atomic E-state index is 14.1. The number of nitrogens with zero attached hydrogens (tertiary/aromatic N) is 2. The molecule has 0 saturated carbocycles. The summed E-state index contributed by atoms with van der Waals surface area (Å²) in [5, 5.41) is 4.26. The molecule has 8 heteroatoms. The van der Waals surface area contributed by atoms with Gasteiger partial charge in [-0.25, -0.2) is 21.9 Å². The maximum atomic E-state index is 14.1. The van der Waals surface area contributed by atoms with Crippen LogP contribution in [0.4, 0.5) is 8.78 Å². The van der Waals surface area contributed by atoms with Crippen molar-refractivity contribution in [3.8, 4) is 28.1 Å². The van der Waals surface area contributed by atoms with Crippen LogP contribution < -0.4 is 0 Å². The standard InChI is InChI=1S/C23H17BrF2N2O2S/c1-31(29,30)19-13-9-16(10-14-19)22-20(15-7-11-17(24)12-8-15)21(23(25)26)27-28(22)18-5-3-2-4-6-18/h2-14,23H,1H3. The lowest BCUT2D eigenvalue weighted by Gasteiger charge is -2.11. The van der Waals surface area contributed by atoms with E-state index in [2.05, 4.69) is 21.0 Å². The number of benzene rings is 3. The maximum Gasteiger partial charge on any atom is 0.282 e. The van der Waals surface area contributed by atoms with Gasteiger partial charge in [0.2, 0.25) is 0 Å². The fourth-order valence-electron chi connectivity index (χ4n) is 3.37. The van der Waals surface area contributed by atoms with Crippen molar-refractivity contribution >= 4 is 25.8 Å². The van der Waals surface area contributed by atoms with Gasteiger partial charge in [0.1, 0.15) is 5.69 Å². The molecule has 0 radical (unpaired) electrons. The van der Waals surface area contributed by atoms with Gasteiger partial charge in [0.05, 0.1) is 16.3 Å². The number of para-hydroxylation sites is 1. The molecule has 0 aliphatic carbocycles. The highest BCUT2D eigenvalue weighted by Gasteiger charge is 2.27. The molecular weight excluding hydrogens is 486 g/mol. The molecule has 0 saturated heterocycles. The van der Waals surface area contributed by atoms with E-state index in [4.69, 9.17) is 0 Å². The molecule has 0 amide bonds. The summed E-state index contributed by atoms with van der Waals surface area (Å²) in [4.78, 5) is 0.154. The zero-order valence-corrected chi connectivity index (χ0v) is 18.7. The molecular formula is C23H17BrF2N2O2S. The van der Waals surface area contributed by atoms with Gasteiger partial charge in [0, 0.05) is 21.9 Å². The molecule has 0 atom stereocenters. The topological polar surface area (TPSA) is 52.0 Å². The van der Waals surface area contributed by atoms with Gasteiger partial charge in [-0.3, -0.25) is 0 Å². The summed E-state index contributed by atoms with van der Waals surface area (Å²) in [6, 6.07) is 22.2. The summed E-state index contributed by atoms with van der Waals surface area (Å²) in [6.45, 7) is 0. The lowest BCUT2D eigenvalue weighted by atomic mass is 9.98. The van der Waals surface area contributed by atoms with Crippen LogP contribution in [-0.4, -0.2) is 24.5 Å². The van der Waals surface area contributed by atoms with Gasteiger partial charge in [-0.05, 0) is 42.0 Å². The molecule has 4 rings (SSSR count). The lowest BCUT2D eigenvalue weighted by molar-refractivity contribution is 0.146. The van der Waals surface area contributed by atoms with E-state index in [0.29, 0.717) is 28.1 Å². The normalized spacial score (nSPS) is 11.8. The molecule has 3 aromatic carbocycles. The minimum Gasteiger partial charge on any atom is -0.232 e. The molecule has 1 aromatic heterocycles. The number of rotatable bonds is 5. The summed E-state index contributed by atoms with van der Waals surface area (Å²) in [6.07, 6.45) is -1.67. The molecule has 0 unspecified atom stereocenters. The van der Waals surface area contributed by atoms with Crippen LogP contribution in [0.15, 0.2) is 88.2 Å². The lowest BCUT2D eigenvalue weighted by Crippen LogP contribution is -2.01. The Morgan fingerprint density at radius 1 is 0.871 bits per heavy atom. The number of halogens is 3. The third-order valence-electron chi connectivity index (χ3n) is 4.81. The van der Waals surface area contributed by atoms with Gasteiger partial charge in [0.15, 0.2) is 9.84 Å². The number of hydrogen-bond donors (Lipinski definition) is 0. The number of alkyl halides is 2. The number of hydrogen-bond acceptors (Lipinski definition) is 3. The molecule has 0 aliphatic rings. The quantitative estimate of drug-likeness (QED) is 0.321. The van der Waals surface area contributed by atoms with E-state index in [1.54, 1.807) is 60.7 Å². The molecule has 4 aromatic rings. The van der Waals surface area contributed by atoms with Crippen LogP contribution in [0.3, 0.4) is 0 Å². The summed E-state index contributed by atoms with van der Waals surface area (Å²) in [5.41, 5.74) is 2.21. The molecule has 0 bridgehead atoms. The Hall–Kier alpha value is -2.84. The Balaban J connectivity index is 2.04. The predicted octanol–water partition coefficient (Wildman–Crippen LogP) is 6.31. The molecule has 0 fully saturated rings. The van der Waals surface area contributed by atoms with Crippen LogP contribution >= 0.6 is 15.9 Å². The highest BCUT2D eigenvalue weighted by Crippen LogP contribution is 2.41. The SMILES string of the molecule is CS(=O)(=O)c1ccc(-c2c(-c3ccc(Br)cc3)c(C(F)F)nn2-c2ccccc2)cc1. The van der Waals surface area contributed by atoms with Crippen LogP contribution in [0.5, 0.6) is 0 Å². The first kappa shape index (κ1) is 21.4. The largest absolute Gasteiger partial charge is 0.282 e. The van der Waals surface area contributed by atoms with E-state index < -0.39 is 16.3 Å². The van der Waals surface area contributed by atoms with E-state index >= 15 is 0 Å². The van der Waals surface area contributed by atoms with Gasteiger partial charge in [-0.2, -0.15) is 5.10 Å². The Morgan fingerprint density at radius 3 is 2.00 bits per heavy atom. The van der Waals surface area contributed by atoms with E-state index in [0.717, 1.165) is 10.7 Å². The van der Waals surface area contributed by atoms with Crippen molar-refractivity contribution in [2.24, 2.45) is 0 Å². The zero-order valence-electron chi connectivity index (χ0n) is 16.3. The molecule has 0 N–H and O–H groups in total. The Kier molecular flexibility index (Phi) is 5.77. The molecule has 4 nitrogen and oxygen atoms in total.